The van der Waals surface area contributed by atoms with Gasteiger partial charge in [-0.05, 0) is 54.7 Å². The average Bonchev–Trinajstić information content (AvgIpc) is 2.79. The van der Waals surface area contributed by atoms with Gasteiger partial charge in [0.05, 0.1) is 17.6 Å². The predicted octanol–water partition coefficient (Wildman–Crippen LogP) is 6.61. The predicted molar refractivity (Wildman–Crippen MR) is 136 cm³/mol. The molecule has 3 aromatic rings. The quantitative estimate of drug-likeness (QED) is 0.272. The third-order valence-corrected chi connectivity index (χ3v) is 6.99. The maximum atomic E-state index is 11.0. The largest absolute Gasteiger partial charge is 0.487 e. The molecule has 2 unspecified atom stereocenters. The van der Waals surface area contributed by atoms with Gasteiger partial charge in [0, 0.05) is 27.8 Å². The molecule has 0 radical (unpaired) electrons. The highest BCUT2D eigenvalue weighted by Gasteiger charge is 2.17. The molecule has 0 aliphatic heterocycles. The number of nitrogens with zero attached hydrogens (tertiary/aromatic N) is 1. The van der Waals surface area contributed by atoms with Crippen LogP contribution in [0.2, 0.25) is 5.02 Å². The highest BCUT2D eigenvalue weighted by atomic mass is 35.5. The normalized spacial score (nSPS) is 12.9. The van der Waals surface area contributed by atoms with Crippen LogP contribution < -0.4 is 4.74 Å². The van der Waals surface area contributed by atoms with Gasteiger partial charge in [-0.1, -0.05) is 42.8 Å². The van der Waals surface area contributed by atoms with Crippen molar-refractivity contribution in [1.29, 1.82) is 0 Å². The molecular formula is C26H28ClNO5S. The van der Waals surface area contributed by atoms with Crippen molar-refractivity contribution in [3.63, 3.8) is 0 Å². The van der Waals surface area contributed by atoms with E-state index in [-0.39, 0.29) is 24.0 Å². The molecule has 0 saturated carbocycles. The first-order valence-corrected chi connectivity index (χ1v) is 12.6. The number of fused-ring (bicyclic) bond motifs is 1. The van der Waals surface area contributed by atoms with Gasteiger partial charge in [0.15, 0.2) is 0 Å². The fourth-order valence-corrected chi connectivity index (χ4v) is 5.03. The van der Waals surface area contributed by atoms with E-state index in [2.05, 4.69) is 4.98 Å². The molecule has 1 heterocycles. The van der Waals surface area contributed by atoms with E-state index in [1.165, 1.54) is 0 Å². The van der Waals surface area contributed by atoms with Gasteiger partial charge in [-0.3, -0.25) is 9.59 Å². The molecule has 6 nitrogen and oxygen atoms in total. The second kappa shape index (κ2) is 12.6. The maximum absolute atomic E-state index is 11.0. The number of benzene rings is 2. The van der Waals surface area contributed by atoms with Gasteiger partial charge in [-0.15, -0.1) is 0 Å². The molecule has 0 spiro atoms. The summed E-state index contributed by atoms with van der Waals surface area (Å²) in [5.41, 5.74) is 2.64. The summed E-state index contributed by atoms with van der Waals surface area (Å²) < 4.78 is 6.01. The molecule has 0 amide bonds. The lowest BCUT2D eigenvalue weighted by molar-refractivity contribution is -0.138. The minimum atomic E-state index is -0.827. The van der Waals surface area contributed by atoms with Gasteiger partial charge in [0.25, 0.3) is 0 Å². The van der Waals surface area contributed by atoms with E-state index in [1.54, 1.807) is 11.8 Å². The van der Waals surface area contributed by atoms with Crippen LogP contribution in [0.1, 0.15) is 49.1 Å². The first-order valence-electron chi connectivity index (χ1n) is 11.1. The lowest BCUT2D eigenvalue weighted by atomic mass is 9.98. The van der Waals surface area contributed by atoms with E-state index in [1.807, 2.05) is 61.5 Å². The smallest absolute Gasteiger partial charge is 0.304 e. The Kier molecular flexibility index (Phi) is 9.60. The number of carboxylic acids is 2. The molecule has 0 fully saturated rings. The molecule has 180 valence electrons. The van der Waals surface area contributed by atoms with Gasteiger partial charge in [-0.25, -0.2) is 4.98 Å². The molecule has 1 aromatic heterocycles. The number of rotatable bonds is 13. The van der Waals surface area contributed by atoms with E-state index in [0.717, 1.165) is 35.0 Å². The molecule has 34 heavy (non-hydrogen) atoms. The van der Waals surface area contributed by atoms with E-state index in [9.17, 15) is 9.59 Å². The van der Waals surface area contributed by atoms with Crippen molar-refractivity contribution in [3.8, 4) is 5.75 Å². The molecule has 0 bridgehead atoms. The van der Waals surface area contributed by atoms with Gasteiger partial charge in [-0.2, -0.15) is 11.8 Å². The van der Waals surface area contributed by atoms with Crippen molar-refractivity contribution < 1.29 is 24.5 Å². The van der Waals surface area contributed by atoms with Crippen LogP contribution in [0.15, 0.2) is 54.6 Å². The van der Waals surface area contributed by atoms with E-state index >= 15 is 0 Å². The Labute approximate surface area is 208 Å². The number of hydrogen-bond acceptors (Lipinski definition) is 5. The summed E-state index contributed by atoms with van der Waals surface area (Å²) in [6.45, 7) is 2.23. The first kappa shape index (κ1) is 25.8. The maximum Gasteiger partial charge on any atom is 0.304 e. The van der Waals surface area contributed by atoms with E-state index in [0.29, 0.717) is 23.1 Å². The molecule has 2 N–H and O–H groups in total. The second-order valence-corrected chi connectivity index (χ2v) is 10.0. The van der Waals surface area contributed by atoms with Crippen LogP contribution in [0.4, 0.5) is 0 Å². The summed E-state index contributed by atoms with van der Waals surface area (Å²) in [6.07, 6.45) is 1.71. The highest BCUT2D eigenvalue weighted by molar-refractivity contribution is 7.99. The van der Waals surface area contributed by atoms with Gasteiger partial charge in [0.1, 0.15) is 12.4 Å². The number of aromatic nitrogens is 1. The fourth-order valence-electron chi connectivity index (χ4n) is 3.65. The molecular weight excluding hydrogens is 474 g/mol. The topological polar surface area (TPSA) is 96.7 Å². The Bertz CT molecular complexity index is 1140. The van der Waals surface area contributed by atoms with Crippen LogP contribution in [0.5, 0.6) is 5.75 Å². The Hall–Kier alpha value is -2.77. The van der Waals surface area contributed by atoms with Crippen LogP contribution in [-0.2, 0) is 16.2 Å². The third-order valence-electron chi connectivity index (χ3n) is 5.41. The molecule has 0 aliphatic rings. The van der Waals surface area contributed by atoms with Crippen LogP contribution in [0.25, 0.3) is 10.9 Å². The molecule has 2 aromatic carbocycles. The minimum Gasteiger partial charge on any atom is -0.487 e. The highest BCUT2D eigenvalue weighted by Crippen LogP contribution is 2.36. The summed E-state index contributed by atoms with van der Waals surface area (Å²) in [5.74, 6) is -0.392. The second-order valence-electron chi connectivity index (χ2n) is 8.28. The van der Waals surface area contributed by atoms with Gasteiger partial charge >= 0.3 is 11.9 Å². The molecule has 8 heteroatoms. The van der Waals surface area contributed by atoms with Crippen molar-refractivity contribution in [3.05, 3.63) is 70.9 Å². The van der Waals surface area contributed by atoms with Crippen LogP contribution in [-0.4, -0.2) is 32.9 Å². The SMILES string of the molecule is CC(CCC(SCCC(=O)O)c1cccc(OCc2ccc3ccc(Cl)cc3n2)c1)CC(=O)O. The fraction of sp³-hybridized carbons (Fsp3) is 0.346. The van der Waals surface area contributed by atoms with Gasteiger partial charge in [0.2, 0.25) is 0 Å². The van der Waals surface area contributed by atoms with Gasteiger partial charge < -0.3 is 14.9 Å². The lowest BCUT2D eigenvalue weighted by Gasteiger charge is -2.19. The Balaban J connectivity index is 1.68. The number of thioether (sulfide) groups is 1. The zero-order valence-electron chi connectivity index (χ0n) is 18.9. The summed E-state index contributed by atoms with van der Waals surface area (Å²) in [7, 11) is 0. The molecule has 2 atom stereocenters. The molecule has 3 rings (SSSR count). The van der Waals surface area contributed by atoms with Crippen molar-refractivity contribution in [2.75, 3.05) is 5.75 Å². The summed E-state index contributed by atoms with van der Waals surface area (Å²) in [4.78, 5) is 26.6. The van der Waals surface area contributed by atoms with Crippen LogP contribution in [0, 0.1) is 5.92 Å². The zero-order valence-corrected chi connectivity index (χ0v) is 20.5. The van der Waals surface area contributed by atoms with Crippen molar-refractivity contribution in [2.45, 2.75) is 44.5 Å². The lowest BCUT2D eigenvalue weighted by Crippen LogP contribution is -2.07. The number of aliphatic carboxylic acids is 2. The van der Waals surface area contributed by atoms with E-state index in [4.69, 9.17) is 26.6 Å². The van der Waals surface area contributed by atoms with Crippen LogP contribution in [0.3, 0.4) is 0 Å². The monoisotopic (exact) mass is 501 g/mol. The average molecular weight is 502 g/mol. The Morgan fingerprint density at radius 3 is 2.62 bits per heavy atom. The summed E-state index contributed by atoms with van der Waals surface area (Å²) in [6, 6.07) is 17.3. The Morgan fingerprint density at radius 1 is 1.06 bits per heavy atom. The standard InChI is InChI=1S/C26H28ClNO5S/c1-17(13-26(31)32)5-10-24(34-12-11-25(29)30)19-3-2-4-22(14-19)33-16-21-9-7-18-6-8-20(27)15-23(18)28-21/h2-4,6-9,14-15,17,24H,5,10-13,16H2,1H3,(H,29,30)(H,31,32). The molecule has 0 aliphatic carbocycles. The third kappa shape index (κ3) is 8.22. The summed E-state index contributed by atoms with van der Waals surface area (Å²) in [5, 5.41) is 19.7. The number of ether oxygens (including phenoxy) is 1. The molecule has 0 saturated heterocycles. The zero-order chi connectivity index (χ0) is 24.5. The van der Waals surface area contributed by atoms with Crippen LogP contribution >= 0.6 is 23.4 Å². The van der Waals surface area contributed by atoms with Crippen molar-refractivity contribution in [2.24, 2.45) is 5.92 Å². The number of carboxylic acid groups (broad SMARTS) is 2. The van der Waals surface area contributed by atoms with Crippen molar-refractivity contribution in [1.82, 2.24) is 4.98 Å². The van der Waals surface area contributed by atoms with Crippen molar-refractivity contribution >= 4 is 46.2 Å². The number of carbonyl (C=O) groups is 2. The number of hydrogen-bond donors (Lipinski definition) is 2. The summed E-state index contributed by atoms with van der Waals surface area (Å²) >= 11 is 7.66. The number of halogens is 1. The van der Waals surface area contributed by atoms with E-state index < -0.39 is 11.9 Å². The number of pyridine rings is 1. The Morgan fingerprint density at radius 2 is 1.85 bits per heavy atom. The first-order chi connectivity index (χ1) is 16.3. The minimum absolute atomic E-state index is 0.0481.